The molecule has 2 amide bonds. The Labute approximate surface area is 211 Å². The average molecular weight is 564 g/mol. The maximum atomic E-state index is 13.7. The summed E-state index contributed by atoms with van der Waals surface area (Å²) in [5.74, 6) is -0.604. The first kappa shape index (κ1) is 24.4. The number of carbonyl (C=O) groups is 2. The number of benzene rings is 3. The van der Waals surface area contributed by atoms with Crippen LogP contribution >= 0.6 is 27.5 Å². The van der Waals surface area contributed by atoms with Crippen LogP contribution in [0, 0.1) is 0 Å². The van der Waals surface area contributed by atoms with Gasteiger partial charge in [0.2, 0.25) is 15.9 Å². The summed E-state index contributed by atoms with van der Waals surface area (Å²) in [4.78, 5) is 27.3. The highest BCUT2D eigenvalue weighted by Crippen LogP contribution is 2.32. The number of carbonyl (C=O) groups excluding carboxylic acids is 2. The molecule has 3 aromatic carbocycles. The molecule has 176 valence electrons. The minimum Gasteiger partial charge on any atom is -0.497 e. The molecule has 10 heteroatoms. The maximum Gasteiger partial charge on any atom is 0.252 e. The van der Waals surface area contributed by atoms with E-state index in [1.165, 1.54) is 31.4 Å². The molecule has 1 saturated heterocycles. The minimum absolute atomic E-state index is 0.0253. The maximum absolute atomic E-state index is 13.7. The molecule has 1 unspecified atom stereocenters. The Morgan fingerprint density at radius 2 is 1.68 bits per heavy atom. The molecule has 0 bridgehead atoms. The number of ether oxygens (including phenoxy) is 1. The number of sulfonamides is 1. The Balaban J connectivity index is 1.76. The van der Waals surface area contributed by atoms with Gasteiger partial charge in [0.25, 0.3) is 5.91 Å². The first-order chi connectivity index (χ1) is 16.2. The van der Waals surface area contributed by atoms with E-state index >= 15 is 0 Å². The predicted molar refractivity (Wildman–Crippen MR) is 132 cm³/mol. The highest BCUT2D eigenvalue weighted by Gasteiger charge is 2.47. The van der Waals surface area contributed by atoms with Gasteiger partial charge in [-0.2, -0.15) is 4.31 Å². The molecule has 0 spiro atoms. The summed E-state index contributed by atoms with van der Waals surface area (Å²) in [6.07, 6.45) is -0.283. The lowest BCUT2D eigenvalue weighted by molar-refractivity contribution is -0.122. The summed E-state index contributed by atoms with van der Waals surface area (Å²) in [6.45, 7) is -0.175. The summed E-state index contributed by atoms with van der Waals surface area (Å²) < 4.78 is 34.4. The molecule has 34 heavy (non-hydrogen) atoms. The van der Waals surface area contributed by atoms with Gasteiger partial charge in [-0.15, -0.1) is 0 Å². The molecule has 0 radical (unpaired) electrons. The molecule has 4 rings (SSSR count). The van der Waals surface area contributed by atoms with Crippen molar-refractivity contribution in [1.82, 2.24) is 4.31 Å². The number of nitrogens with zero attached hydrogens (tertiary/aromatic N) is 2. The van der Waals surface area contributed by atoms with E-state index in [0.717, 1.165) is 13.7 Å². The smallest absolute Gasteiger partial charge is 0.252 e. The molecular formula is C24H20BrClN2O5S. The van der Waals surface area contributed by atoms with E-state index in [0.29, 0.717) is 22.0 Å². The van der Waals surface area contributed by atoms with Crippen LogP contribution in [0.1, 0.15) is 12.0 Å². The first-order valence-corrected chi connectivity index (χ1v) is 12.8. The molecule has 0 aliphatic carbocycles. The lowest BCUT2D eigenvalue weighted by atomic mass is 10.2. The fraction of sp³-hybridized carbons (Fsp3) is 0.167. The number of amides is 2. The van der Waals surface area contributed by atoms with Gasteiger partial charge >= 0.3 is 0 Å². The van der Waals surface area contributed by atoms with Crippen molar-refractivity contribution in [3.8, 4) is 5.75 Å². The molecule has 0 saturated carbocycles. The fourth-order valence-electron chi connectivity index (χ4n) is 3.74. The quantitative estimate of drug-likeness (QED) is 0.391. The van der Waals surface area contributed by atoms with Gasteiger partial charge in [0, 0.05) is 16.0 Å². The van der Waals surface area contributed by atoms with E-state index < -0.39 is 27.9 Å². The number of hydrogen-bond acceptors (Lipinski definition) is 5. The van der Waals surface area contributed by atoms with Crippen LogP contribution in [0.4, 0.5) is 5.69 Å². The van der Waals surface area contributed by atoms with Gasteiger partial charge in [0.05, 0.1) is 24.1 Å². The van der Waals surface area contributed by atoms with Crippen LogP contribution in [0.3, 0.4) is 0 Å². The average Bonchev–Trinajstić information content (AvgIpc) is 3.12. The van der Waals surface area contributed by atoms with Crippen molar-refractivity contribution in [3.63, 3.8) is 0 Å². The number of hydrogen-bond donors (Lipinski definition) is 0. The number of imide groups is 1. The molecule has 1 aliphatic heterocycles. The van der Waals surface area contributed by atoms with Crippen LogP contribution in [0.15, 0.2) is 82.2 Å². The molecule has 0 aromatic heterocycles. The van der Waals surface area contributed by atoms with Crippen LogP contribution in [0.5, 0.6) is 5.75 Å². The van der Waals surface area contributed by atoms with Crippen molar-refractivity contribution in [2.75, 3.05) is 12.0 Å². The van der Waals surface area contributed by atoms with Crippen molar-refractivity contribution >= 4 is 55.1 Å². The van der Waals surface area contributed by atoms with Crippen LogP contribution in [-0.4, -0.2) is 37.7 Å². The Morgan fingerprint density at radius 3 is 2.29 bits per heavy atom. The third-order valence-corrected chi connectivity index (χ3v) is 8.27. The topological polar surface area (TPSA) is 84.0 Å². The minimum atomic E-state index is -4.18. The van der Waals surface area contributed by atoms with Gasteiger partial charge < -0.3 is 4.74 Å². The zero-order valence-electron chi connectivity index (χ0n) is 18.0. The molecule has 7 nitrogen and oxygen atoms in total. The molecule has 1 fully saturated rings. The van der Waals surface area contributed by atoms with E-state index in [9.17, 15) is 18.0 Å². The van der Waals surface area contributed by atoms with Crippen molar-refractivity contribution in [2.24, 2.45) is 0 Å². The molecular weight excluding hydrogens is 544 g/mol. The lowest BCUT2D eigenvalue weighted by Crippen LogP contribution is -2.45. The van der Waals surface area contributed by atoms with Crippen LogP contribution in [0.25, 0.3) is 0 Å². The van der Waals surface area contributed by atoms with Gasteiger partial charge in [0.1, 0.15) is 11.8 Å². The van der Waals surface area contributed by atoms with Gasteiger partial charge in [-0.05, 0) is 60.2 Å². The first-order valence-electron chi connectivity index (χ1n) is 10.2. The van der Waals surface area contributed by atoms with Gasteiger partial charge in [0.15, 0.2) is 0 Å². The monoisotopic (exact) mass is 562 g/mol. The van der Waals surface area contributed by atoms with E-state index in [1.54, 1.807) is 48.5 Å². The van der Waals surface area contributed by atoms with Crippen LogP contribution in [0.2, 0.25) is 5.02 Å². The van der Waals surface area contributed by atoms with E-state index in [-0.39, 0.29) is 17.9 Å². The normalized spacial score (nSPS) is 16.4. The number of anilines is 1. The largest absolute Gasteiger partial charge is 0.497 e. The molecule has 3 aromatic rings. The van der Waals surface area contributed by atoms with Crippen molar-refractivity contribution in [3.05, 3.63) is 87.9 Å². The third-order valence-electron chi connectivity index (χ3n) is 5.51. The fourth-order valence-corrected chi connectivity index (χ4v) is 5.76. The number of halogens is 2. The highest BCUT2D eigenvalue weighted by atomic mass is 79.9. The lowest BCUT2D eigenvalue weighted by Gasteiger charge is -2.27. The number of methoxy groups -OCH3 is 1. The third kappa shape index (κ3) is 4.74. The Kier molecular flexibility index (Phi) is 7.09. The van der Waals surface area contributed by atoms with E-state index in [4.69, 9.17) is 16.3 Å². The predicted octanol–water partition coefficient (Wildman–Crippen LogP) is 4.63. The van der Waals surface area contributed by atoms with Gasteiger partial charge in [-0.3, -0.25) is 9.59 Å². The van der Waals surface area contributed by atoms with Crippen LogP contribution < -0.4 is 9.64 Å². The zero-order valence-corrected chi connectivity index (χ0v) is 21.2. The summed E-state index contributed by atoms with van der Waals surface area (Å²) in [5, 5.41) is 0.360. The standard InChI is InChI=1S/C24H20BrClN2O5S/c1-33-19-10-12-20(13-11-19)34(31,32)27(15-16-4-2-3-5-21(16)26)22-14-23(29)28(24(22)30)18-8-6-17(25)7-9-18/h2-13,22H,14-15H2,1H3. The molecule has 1 heterocycles. The second kappa shape index (κ2) is 9.87. The highest BCUT2D eigenvalue weighted by molar-refractivity contribution is 9.10. The second-order valence-electron chi connectivity index (χ2n) is 7.58. The summed E-state index contributed by atoms with van der Waals surface area (Å²) in [7, 11) is -2.70. The van der Waals surface area contributed by atoms with E-state index in [1.807, 2.05) is 0 Å². The van der Waals surface area contributed by atoms with Crippen molar-refractivity contribution < 1.29 is 22.7 Å². The van der Waals surface area contributed by atoms with Crippen molar-refractivity contribution in [2.45, 2.75) is 23.9 Å². The van der Waals surface area contributed by atoms with Gasteiger partial charge in [-0.25, -0.2) is 13.3 Å². The molecule has 1 aliphatic rings. The molecule has 0 N–H and O–H groups in total. The van der Waals surface area contributed by atoms with Crippen molar-refractivity contribution in [1.29, 1.82) is 0 Å². The Morgan fingerprint density at radius 1 is 1.03 bits per heavy atom. The molecule has 1 atom stereocenters. The summed E-state index contributed by atoms with van der Waals surface area (Å²) in [5.41, 5.74) is 0.892. The van der Waals surface area contributed by atoms with Crippen LogP contribution in [-0.2, 0) is 26.2 Å². The Bertz CT molecular complexity index is 1330. The zero-order chi connectivity index (χ0) is 24.5. The second-order valence-corrected chi connectivity index (χ2v) is 10.8. The van der Waals surface area contributed by atoms with Gasteiger partial charge in [-0.1, -0.05) is 45.7 Å². The summed E-state index contributed by atoms with van der Waals surface area (Å²) >= 11 is 9.64. The number of rotatable bonds is 7. The Hall–Kier alpha value is -2.72. The summed E-state index contributed by atoms with van der Waals surface area (Å²) in [6, 6.07) is 18.1. The SMILES string of the molecule is COc1ccc(S(=O)(=O)N(Cc2ccccc2Cl)C2CC(=O)N(c3ccc(Br)cc3)C2=O)cc1. The van der Waals surface area contributed by atoms with E-state index in [2.05, 4.69) is 15.9 Å².